The van der Waals surface area contributed by atoms with Gasteiger partial charge in [0.25, 0.3) is 0 Å². The third-order valence-corrected chi connectivity index (χ3v) is 3.29. The fraction of sp³-hybridized carbons (Fsp3) is 0.154. The van der Waals surface area contributed by atoms with Crippen LogP contribution in [0.25, 0.3) is 0 Å². The Hall–Kier alpha value is -1.83. The average molecular weight is 364 g/mol. The smallest absolute Gasteiger partial charge is 0.373 e. The van der Waals surface area contributed by atoms with Crippen LogP contribution in [-0.4, -0.2) is 12.0 Å². The first-order chi connectivity index (χ1) is 9.81. The van der Waals surface area contributed by atoms with E-state index in [0.29, 0.717) is 4.47 Å². The molecule has 112 valence electrons. The molecule has 2 aromatic rings. The van der Waals surface area contributed by atoms with Crippen molar-refractivity contribution in [3.63, 3.8) is 0 Å². The summed E-state index contributed by atoms with van der Waals surface area (Å²) in [6.45, 7) is 0. The zero-order chi connectivity index (χ0) is 15.6. The molecule has 2 N–H and O–H groups in total. The zero-order valence-corrected chi connectivity index (χ0v) is 12.3. The second-order valence-electron chi connectivity index (χ2n) is 4.10. The number of alkyl halides is 3. The number of para-hydroxylation sites is 1. The van der Waals surface area contributed by atoms with E-state index in [-0.39, 0.29) is 17.3 Å². The topological polar surface area (TPSA) is 37.0 Å². The molecule has 1 heterocycles. The van der Waals surface area contributed by atoms with Crippen LogP contribution in [0.2, 0.25) is 0 Å². The zero-order valence-electron chi connectivity index (χ0n) is 10.7. The Labute approximate surface area is 126 Å². The van der Waals surface area contributed by atoms with Gasteiger partial charge in [-0.2, -0.15) is 13.2 Å². The normalized spacial score (nSPS) is 11.3. The number of aromatic nitrogens is 1. The SMILES string of the molecule is CNc1cc(C(F)(F)F)cc(Nc2c(F)cccc2Br)n1. The Kier molecular flexibility index (Phi) is 4.36. The van der Waals surface area contributed by atoms with E-state index in [0.717, 1.165) is 12.1 Å². The highest BCUT2D eigenvalue weighted by atomic mass is 79.9. The summed E-state index contributed by atoms with van der Waals surface area (Å²) in [4.78, 5) is 3.93. The van der Waals surface area contributed by atoms with E-state index in [1.807, 2.05) is 0 Å². The average Bonchev–Trinajstić information content (AvgIpc) is 2.42. The Morgan fingerprint density at radius 1 is 1.14 bits per heavy atom. The molecular weight excluding hydrogens is 354 g/mol. The molecule has 3 nitrogen and oxygen atoms in total. The Balaban J connectivity index is 2.45. The van der Waals surface area contributed by atoms with E-state index in [1.54, 1.807) is 6.07 Å². The number of halogens is 5. The third kappa shape index (κ3) is 3.63. The van der Waals surface area contributed by atoms with E-state index in [2.05, 4.69) is 31.5 Å². The van der Waals surface area contributed by atoms with Crippen molar-refractivity contribution in [3.05, 3.63) is 46.2 Å². The molecule has 0 spiro atoms. The molecule has 0 saturated carbocycles. The number of rotatable bonds is 3. The number of benzene rings is 1. The van der Waals surface area contributed by atoms with Crippen molar-refractivity contribution in [2.24, 2.45) is 0 Å². The summed E-state index contributed by atoms with van der Waals surface area (Å²) in [7, 11) is 1.45. The minimum Gasteiger partial charge on any atom is -0.373 e. The molecule has 0 bridgehead atoms. The predicted molar refractivity (Wildman–Crippen MR) is 76.2 cm³/mol. The maximum atomic E-state index is 13.7. The summed E-state index contributed by atoms with van der Waals surface area (Å²) < 4.78 is 52.5. The minimum atomic E-state index is -4.52. The van der Waals surface area contributed by atoms with Crippen molar-refractivity contribution in [1.82, 2.24) is 4.98 Å². The van der Waals surface area contributed by atoms with Gasteiger partial charge in [0.15, 0.2) is 0 Å². The molecule has 0 unspecified atom stereocenters. The summed E-state index contributed by atoms with van der Waals surface area (Å²) in [5, 5.41) is 5.09. The van der Waals surface area contributed by atoms with Gasteiger partial charge in [0.2, 0.25) is 0 Å². The first-order valence-corrected chi connectivity index (χ1v) is 6.58. The monoisotopic (exact) mass is 363 g/mol. The molecule has 2 rings (SSSR count). The van der Waals surface area contributed by atoms with Gasteiger partial charge in [0, 0.05) is 11.5 Å². The van der Waals surface area contributed by atoms with Gasteiger partial charge < -0.3 is 10.6 Å². The molecule has 1 aromatic carbocycles. The number of hydrogen-bond acceptors (Lipinski definition) is 3. The molecule has 0 aliphatic heterocycles. The summed E-state index contributed by atoms with van der Waals surface area (Å²) in [6, 6.07) is 5.93. The van der Waals surface area contributed by atoms with Crippen LogP contribution >= 0.6 is 15.9 Å². The number of nitrogens with one attached hydrogen (secondary N) is 2. The first-order valence-electron chi connectivity index (χ1n) is 5.79. The number of anilines is 3. The maximum absolute atomic E-state index is 13.7. The highest BCUT2D eigenvalue weighted by Gasteiger charge is 2.31. The lowest BCUT2D eigenvalue weighted by Gasteiger charge is -2.13. The largest absolute Gasteiger partial charge is 0.416 e. The second-order valence-corrected chi connectivity index (χ2v) is 4.95. The molecule has 0 radical (unpaired) electrons. The van der Waals surface area contributed by atoms with Crippen LogP contribution in [0.15, 0.2) is 34.8 Å². The molecule has 0 atom stereocenters. The molecule has 0 aliphatic carbocycles. The minimum absolute atomic E-state index is 0.0198. The highest BCUT2D eigenvalue weighted by Crippen LogP contribution is 2.34. The molecule has 1 aromatic heterocycles. The van der Waals surface area contributed by atoms with Gasteiger partial charge in [-0.15, -0.1) is 0 Å². The summed E-state index contributed by atoms with van der Waals surface area (Å²) in [5.41, 5.74) is -0.858. The van der Waals surface area contributed by atoms with Gasteiger partial charge in [0.05, 0.1) is 11.3 Å². The second kappa shape index (κ2) is 5.88. The lowest BCUT2D eigenvalue weighted by molar-refractivity contribution is -0.137. The van der Waals surface area contributed by atoms with Crippen LogP contribution in [0.1, 0.15) is 5.56 Å². The third-order valence-electron chi connectivity index (χ3n) is 2.62. The van der Waals surface area contributed by atoms with E-state index >= 15 is 0 Å². The molecule has 0 amide bonds. The Morgan fingerprint density at radius 3 is 2.38 bits per heavy atom. The fourth-order valence-corrected chi connectivity index (χ4v) is 2.07. The van der Waals surface area contributed by atoms with Crippen molar-refractivity contribution in [2.75, 3.05) is 17.7 Å². The highest BCUT2D eigenvalue weighted by molar-refractivity contribution is 9.10. The lowest BCUT2D eigenvalue weighted by atomic mass is 10.2. The van der Waals surface area contributed by atoms with Gasteiger partial charge in [-0.3, -0.25) is 0 Å². The van der Waals surface area contributed by atoms with Crippen LogP contribution in [0.5, 0.6) is 0 Å². The van der Waals surface area contributed by atoms with Crippen LogP contribution < -0.4 is 10.6 Å². The van der Waals surface area contributed by atoms with Gasteiger partial charge in [-0.25, -0.2) is 9.37 Å². The Bertz CT molecular complexity index is 638. The first kappa shape index (κ1) is 15.6. The van der Waals surface area contributed by atoms with Gasteiger partial charge >= 0.3 is 6.18 Å². The standard InChI is InChI=1S/C13H10BrF4N3/c1-19-10-5-7(13(16,17)18)6-11(20-10)21-12-8(14)3-2-4-9(12)15/h2-6H,1H3,(H2,19,20,21). The van der Waals surface area contributed by atoms with Crippen molar-refractivity contribution >= 4 is 33.3 Å². The summed E-state index contributed by atoms with van der Waals surface area (Å²) in [5.74, 6) is -0.686. The molecule has 8 heteroatoms. The van der Waals surface area contributed by atoms with Crippen LogP contribution in [0, 0.1) is 5.82 Å². The molecule has 21 heavy (non-hydrogen) atoms. The number of nitrogens with zero attached hydrogens (tertiary/aromatic N) is 1. The van der Waals surface area contributed by atoms with Crippen molar-refractivity contribution in [1.29, 1.82) is 0 Å². The van der Waals surface area contributed by atoms with E-state index in [9.17, 15) is 17.6 Å². The van der Waals surface area contributed by atoms with Crippen molar-refractivity contribution in [2.45, 2.75) is 6.18 Å². The maximum Gasteiger partial charge on any atom is 0.416 e. The van der Waals surface area contributed by atoms with Crippen molar-refractivity contribution in [3.8, 4) is 0 Å². The number of hydrogen-bond donors (Lipinski definition) is 2. The van der Waals surface area contributed by atoms with E-state index < -0.39 is 17.6 Å². The quantitative estimate of drug-likeness (QED) is 0.770. The summed E-state index contributed by atoms with van der Waals surface area (Å²) >= 11 is 3.13. The van der Waals surface area contributed by atoms with Gasteiger partial charge in [-0.1, -0.05) is 6.07 Å². The van der Waals surface area contributed by atoms with Crippen molar-refractivity contribution < 1.29 is 17.6 Å². The predicted octanol–water partition coefficient (Wildman–Crippen LogP) is 4.79. The van der Waals surface area contributed by atoms with Crippen LogP contribution in [0.4, 0.5) is 34.9 Å². The Morgan fingerprint density at radius 2 is 1.81 bits per heavy atom. The van der Waals surface area contributed by atoms with E-state index in [4.69, 9.17) is 0 Å². The fourth-order valence-electron chi connectivity index (χ4n) is 1.63. The van der Waals surface area contributed by atoms with Gasteiger partial charge in [0.1, 0.15) is 17.5 Å². The molecule has 0 fully saturated rings. The van der Waals surface area contributed by atoms with Crippen LogP contribution in [-0.2, 0) is 6.18 Å². The molecular formula is C13H10BrF4N3. The molecule has 0 saturated heterocycles. The van der Waals surface area contributed by atoms with Gasteiger partial charge in [-0.05, 0) is 40.2 Å². The van der Waals surface area contributed by atoms with Crippen LogP contribution in [0.3, 0.4) is 0 Å². The molecule has 0 aliphatic rings. The lowest BCUT2D eigenvalue weighted by Crippen LogP contribution is -2.09. The van der Waals surface area contributed by atoms with E-state index in [1.165, 1.54) is 19.2 Å². The summed E-state index contributed by atoms with van der Waals surface area (Å²) in [6.07, 6.45) is -4.52. The number of pyridine rings is 1.